The molecular formula is C10H13N3O3. The van der Waals surface area contributed by atoms with Crippen molar-refractivity contribution in [3.63, 3.8) is 0 Å². The number of carbonyl (C=O) groups excluding carboxylic acids is 2. The molecule has 0 spiro atoms. The van der Waals surface area contributed by atoms with E-state index in [4.69, 9.17) is 10.5 Å². The molecule has 6 heteroatoms. The topological polar surface area (TPSA) is 93.4 Å². The molecule has 0 aliphatic heterocycles. The molecule has 86 valence electrons. The number of hydrazine groups is 1. The highest BCUT2D eigenvalue weighted by Gasteiger charge is 2.04. The van der Waals surface area contributed by atoms with Crippen LogP contribution in [0.25, 0.3) is 0 Å². The third kappa shape index (κ3) is 3.87. The molecule has 0 fully saturated rings. The van der Waals surface area contributed by atoms with E-state index in [1.807, 2.05) is 5.43 Å². The van der Waals surface area contributed by atoms with Crippen LogP contribution in [0.15, 0.2) is 24.3 Å². The summed E-state index contributed by atoms with van der Waals surface area (Å²) in [6.45, 7) is 0. The number of methoxy groups -OCH3 is 1. The Balaban J connectivity index is 2.52. The van der Waals surface area contributed by atoms with Gasteiger partial charge in [0.2, 0.25) is 5.91 Å². The van der Waals surface area contributed by atoms with E-state index in [-0.39, 0.29) is 12.3 Å². The highest BCUT2D eigenvalue weighted by molar-refractivity contribution is 5.81. The van der Waals surface area contributed by atoms with Crippen molar-refractivity contribution in [1.29, 1.82) is 0 Å². The molecule has 16 heavy (non-hydrogen) atoms. The summed E-state index contributed by atoms with van der Waals surface area (Å²) in [5.41, 5.74) is 9.74. The van der Waals surface area contributed by atoms with Gasteiger partial charge in [0.1, 0.15) is 5.75 Å². The van der Waals surface area contributed by atoms with Crippen LogP contribution in [0.5, 0.6) is 5.75 Å². The Bertz CT molecular complexity index is 393. The third-order valence-electron chi connectivity index (χ3n) is 1.82. The molecule has 0 aromatic heterocycles. The fourth-order valence-electron chi connectivity index (χ4n) is 1.14. The standard InChI is InChI=1S/C10H13N3O3/c1-16-8-4-2-3-7(5-8)6-9(14)12-13-10(11)15/h2-5H,6H2,1H3,(H,12,14)(H3,11,13,15). The molecule has 3 amide bonds. The van der Waals surface area contributed by atoms with Crippen LogP contribution in [-0.2, 0) is 11.2 Å². The molecule has 0 aliphatic carbocycles. The van der Waals surface area contributed by atoms with E-state index in [0.29, 0.717) is 5.75 Å². The predicted octanol–water partition coefficient (Wildman–Crippen LogP) is -0.0628. The van der Waals surface area contributed by atoms with Gasteiger partial charge in [-0.2, -0.15) is 0 Å². The van der Waals surface area contributed by atoms with Gasteiger partial charge >= 0.3 is 6.03 Å². The lowest BCUT2D eigenvalue weighted by molar-refractivity contribution is -0.121. The van der Waals surface area contributed by atoms with Crippen molar-refractivity contribution < 1.29 is 14.3 Å². The minimum absolute atomic E-state index is 0.136. The molecule has 0 radical (unpaired) electrons. The zero-order valence-corrected chi connectivity index (χ0v) is 8.82. The number of hydrogen-bond acceptors (Lipinski definition) is 3. The van der Waals surface area contributed by atoms with Gasteiger partial charge in [-0.3, -0.25) is 10.2 Å². The zero-order valence-electron chi connectivity index (χ0n) is 8.82. The van der Waals surface area contributed by atoms with E-state index in [1.54, 1.807) is 31.4 Å². The number of carbonyl (C=O) groups is 2. The Morgan fingerprint density at radius 2 is 2.12 bits per heavy atom. The number of amides is 3. The number of nitrogens with two attached hydrogens (primary N) is 1. The molecule has 0 unspecified atom stereocenters. The van der Waals surface area contributed by atoms with Gasteiger partial charge in [-0.1, -0.05) is 12.1 Å². The Kier molecular flexibility index (Phi) is 4.14. The van der Waals surface area contributed by atoms with E-state index in [1.165, 1.54) is 0 Å². The summed E-state index contributed by atoms with van der Waals surface area (Å²) in [4.78, 5) is 21.6. The van der Waals surface area contributed by atoms with Crippen molar-refractivity contribution in [3.05, 3.63) is 29.8 Å². The zero-order chi connectivity index (χ0) is 12.0. The summed E-state index contributed by atoms with van der Waals surface area (Å²) in [5, 5.41) is 0. The lowest BCUT2D eigenvalue weighted by Gasteiger charge is -2.06. The number of urea groups is 1. The van der Waals surface area contributed by atoms with Gasteiger partial charge in [0.05, 0.1) is 13.5 Å². The molecular weight excluding hydrogens is 210 g/mol. The van der Waals surface area contributed by atoms with Gasteiger partial charge in [0.15, 0.2) is 0 Å². The molecule has 0 aliphatic rings. The number of hydrogen-bond donors (Lipinski definition) is 3. The quantitative estimate of drug-likeness (QED) is 0.626. The first-order valence-corrected chi connectivity index (χ1v) is 4.59. The second-order valence-corrected chi connectivity index (χ2v) is 3.07. The maximum absolute atomic E-state index is 11.3. The average Bonchev–Trinajstić information content (AvgIpc) is 2.26. The van der Waals surface area contributed by atoms with Crippen LogP contribution in [0.1, 0.15) is 5.56 Å². The second kappa shape index (κ2) is 5.59. The lowest BCUT2D eigenvalue weighted by atomic mass is 10.1. The number of benzene rings is 1. The normalized spacial score (nSPS) is 9.31. The fraction of sp³-hybridized carbons (Fsp3) is 0.200. The van der Waals surface area contributed by atoms with Crippen molar-refractivity contribution in [3.8, 4) is 5.75 Å². The second-order valence-electron chi connectivity index (χ2n) is 3.07. The molecule has 0 saturated carbocycles. The summed E-state index contributed by atoms with van der Waals surface area (Å²) in [5.74, 6) is 0.320. The van der Waals surface area contributed by atoms with Crippen LogP contribution < -0.4 is 21.3 Å². The third-order valence-corrected chi connectivity index (χ3v) is 1.82. The molecule has 1 aromatic carbocycles. The molecule has 0 heterocycles. The van der Waals surface area contributed by atoms with Crippen LogP contribution in [0.2, 0.25) is 0 Å². The van der Waals surface area contributed by atoms with E-state index in [9.17, 15) is 9.59 Å². The van der Waals surface area contributed by atoms with Gasteiger partial charge in [0.25, 0.3) is 0 Å². The van der Waals surface area contributed by atoms with Crippen molar-refractivity contribution >= 4 is 11.9 Å². The Hall–Kier alpha value is -2.24. The first-order chi connectivity index (χ1) is 7.61. The monoisotopic (exact) mass is 223 g/mol. The van der Waals surface area contributed by atoms with Crippen LogP contribution in [0.4, 0.5) is 4.79 Å². The van der Waals surface area contributed by atoms with Crippen LogP contribution in [-0.4, -0.2) is 19.0 Å². The molecule has 1 rings (SSSR count). The average molecular weight is 223 g/mol. The SMILES string of the molecule is COc1cccc(CC(=O)NNC(N)=O)c1. The maximum Gasteiger partial charge on any atom is 0.330 e. The Labute approximate surface area is 92.7 Å². The highest BCUT2D eigenvalue weighted by Crippen LogP contribution is 2.12. The van der Waals surface area contributed by atoms with E-state index >= 15 is 0 Å². The lowest BCUT2D eigenvalue weighted by Crippen LogP contribution is -2.45. The van der Waals surface area contributed by atoms with Crippen molar-refractivity contribution in [1.82, 2.24) is 10.9 Å². The van der Waals surface area contributed by atoms with Crippen LogP contribution >= 0.6 is 0 Å². The van der Waals surface area contributed by atoms with Gasteiger partial charge in [-0.25, -0.2) is 10.2 Å². The van der Waals surface area contributed by atoms with E-state index in [2.05, 4.69) is 5.43 Å². The van der Waals surface area contributed by atoms with Gasteiger partial charge in [-0.05, 0) is 17.7 Å². The molecule has 0 saturated heterocycles. The Morgan fingerprint density at radius 3 is 2.75 bits per heavy atom. The first kappa shape index (κ1) is 11.8. The first-order valence-electron chi connectivity index (χ1n) is 4.59. The largest absolute Gasteiger partial charge is 0.497 e. The minimum Gasteiger partial charge on any atom is -0.497 e. The molecule has 0 bridgehead atoms. The van der Waals surface area contributed by atoms with E-state index in [0.717, 1.165) is 5.56 Å². The number of nitrogens with one attached hydrogen (secondary N) is 2. The summed E-state index contributed by atoms with van der Waals surface area (Å²) >= 11 is 0. The van der Waals surface area contributed by atoms with Crippen molar-refractivity contribution in [2.75, 3.05) is 7.11 Å². The van der Waals surface area contributed by atoms with Gasteiger partial charge < -0.3 is 10.5 Å². The number of primary amides is 1. The molecule has 4 N–H and O–H groups in total. The van der Waals surface area contributed by atoms with Crippen molar-refractivity contribution in [2.24, 2.45) is 5.73 Å². The molecule has 6 nitrogen and oxygen atoms in total. The fourth-order valence-corrected chi connectivity index (χ4v) is 1.14. The maximum atomic E-state index is 11.3. The van der Waals surface area contributed by atoms with Gasteiger partial charge in [-0.15, -0.1) is 0 Å². The van der Waals surface area contributed by atoms with Crippen molar-refractivity contribution in [2.45, 2.75) is 6.42 Å². The number of ether oxygens (including phenoxy) is 1. The smallest absolute Gasteiger partial charge is 0.330 e. The number of rotatable bonds is 3. The molecule has 1 aromatic rings. The highest BCUT2D eigenvalue weighted by atomic mass is 16.5. The van der Waals surface area contributed by atoms with E-state index < -0.39 is 6.03 Å². The predicted molar refractivity (Wildman–Crippen MR) is 57.6 cm³/mol. The summed E-state index contributed by atoms with van der Waals surface area (Å²) in [7, 11) is 1.55. The minimum atomic E-state index is -0.806. The summed E-state index contributed by atoms with van der Waals surface area (Å²) < 4.78 is 5.01. The summed E-state index contributed by atoms with van der Waals surface area (Å²) in [6, 6.07) is 6.28. The summed E-state index contributed by atoms with van der Waals surface area (Å²) in [6.07, 6.45) is 0.136. The van der Waals surface area contributed by atoms with Gasteiger partial charge in [0, 0.05) is 0 Å². The molecule has 0 atom stereocenters. The van der Waals surface area contributed by atoms with Crippen LogP contribution in [0.3, 0.4) is 0 Å². The Morgan fingerprint density at radius 1 is 1.38 bits per heavy atom. The van der Waals surface area contributed by atoms with Crippen LogP contribution in [0, 0.1) is 0 Å².